The molecule has 62 valence electrons. The molecule has 4 heteroatoms. The third kappa shape index (κ3) is 3.83. The summed E-state index contributed by atoms with van der Waals surface area (Å²) in [5, 5.41) is 0. The van der Waals surface area contributed by atoms with Crippen molar-refractivity contribution >= 4 is 13.5 Å². The minimum absolute atomic E-state index is 0. The van der Waals surface area contributed by atoms with Gasteiger partial charge in [0, 0.05) is 25.0 Å². The smallest absolute Gasteiger partial charge is 0.268 e. The Morgan fingerprint density at radius 3 is 2.27 bits per heavy atom. The highest BCUT2D eigenvalue weighted by Crippen LogP contribution is 1.98. The van der Waals surface area contributed by atoms with Crippen LogP contribution in [-0.2, 0) is 6.54 Å². The number of nitrogens with zero attached hydrogens (tertiary/aromatic N) is 1. The van der Waals surface area contributed by atoms with Crippen molar-refractivity contribution in [3.63, 3.8) is 0 Å². The van der Waals surface area contributed by atoms with Crippen molar-refractivity contribution < 1.29 is 8.78 Å². The molecule has 0 saturated heterocycles. The van der Waals surface area contributed by atoms with Crippen LogP contribution in [0.1, 0.15) is 0 Å². The van der Waals surface area contributed by atoms with Gasteiger partial charge in [0.1, 0.15) is 0 Å². The predicted molar refractivity (Wildman–Crippen MR) is 45.1 cm³/mol. The summed E-state index contributed by atoms with van der Waals surface area (Å²) in [6, 6.07) is 3.59. The highest BCUT2D eigenvalue weighted by atomic mass is 32.1. The van der Waals surface area contributed by atoms with Crippen LogP contribution in [0.3, 0.4) is 0 Å². The van der Waals surface area contributed by atoms with Gasteiger partial charge in [-0.1, -0.05) is 0 Å². The summed E-state index contributed by atoms with van der Waals surface area (Å²) in [7, 11) is 0. The van der Waals surface area contributed by atoms with Gasteiger partial charge in [0.05, 0.1) is 0 Å². The highest BCUT2D eigenvalue weighted by Gasteiger charge is 1.87. The third-order valence-corrected chi connectivity index (χ3v) is 1.12. The van der Waals surface area contributed by atoms with Crippen molar-refractivity contribution in [2.75, 3.05) is 0 Å². The van der Waals surface area contributed by atoms with Crippen LogP contribution in [-0.4, -0.2) is 4.57 Å². The Kier molecular flexibility index (Phi) is 4.61. The molecule has 0 N–H and O–H groups in total. The van der Waals surface area contributed by atoms with Gasteiger partial charge < -0.3 is 4.57 Å². The van der Waals surface area contributed by atoms with Gasteiger partial charge in [-0.15, -0.1) is 0 Å². The Balaban J connectivity index is 0.000001000. The fraction of sp³-hybridized carbons (Fsp3) is 0.143. The van der Waals surface area contributed by atoms with E-state index in [1.54, 1.807) is 29.1 Å². The molecule has 0 spiro atoms. The lowest BCUT2D eigenvalue weighted by atomic mass is 10.6. The van der Waals surface area contributed by atoms with Crippen LogP contribution >= 0.6 is 13.5 Å². The van der Waals surface area contributed by atoms with Gasteiger partial charge in [-0.2, -0.15) is 22.3 Å². The Bertz CT molecular complexity index is 214. The quantitative estimate of drug-likeness (QED) is 0.653. The summed E-state index contributed by atoms with van der Waals surface area (Å²) in [5.41, 5.74) is 0. The Labute approximate surface area is 70.8 Å². The van der Waals surface area contributed by atoms with Crippen LogP contribution in [0, 0.1) is 0 Å². The van der Waals surface area contributed by atoms with Crippen molar-refractivity contribution in [2.45, 2.75) is 6.54 Å². The second-order valence-electron chi connectivity index (χ2n) is 1.87. The Morgan fingerprint density at radius 2 is 1.82 bits per heavy atom. The first kappa shape index (κ1) is 10.2. The monoisotopic (exact) mass is 177 g/mol. The van der Waals surface area contributed by atoms with E-state index in [0.29, 0.717) is 0 Å². The van der Waals surface area contributed by atoms with E-state index in [-0.39, 0.29) is 20.0 Å². The first-order valence-electron chi connectivity index (χ1n) is 2.91. The number of hydrogen-bond donors (Lipinski definition) is 0. The zero-order valence-electron chi connectivity index (χ0n) is 5.80. The van der Waals surface area contributed by atoms with Gasteiger partial charge in [0.15, 0.2) is 0 Å². The molecule has 1 rings (SSSR count). The molecule has 0 fully saturated rings. The molecule has 0 atom stereocenters. The molecule has 0 aliphatic rings. The van der Waals surface area contributed by atoms with Crippen molar-refractivity contribution in [3.8, 4) is 0 Å². The van der Waals surface area contributed by atoms with Crippen LogP contribution in [0.5, 0.6) is 0 Å². The lowest BCUT2D eigenvalue weighted by molar-refractivity contribution is 0.416. The van der Waals surface area contributed by atoms with E-state index in [2.05, 4.69) is 0 Å². The fourth-order valence-electron chi connectivity index (χ4n) is 0.666. The molecule has 1 aromatic heterocycles. The predicted octanol–water partition coefficient (Wildman–Crippen LogP) is 2.38. The molecule has 1 heterocycles. The average molecular weight is 177 g/mol. The van der Waals surface area contributed by atoms with Crippen molar-refractivity contribution in [3.05, 3.63) is 36.7 Å². The molecule has 1 nitrogen and oxygen atoms in total. The second-order valence-corrected chi connectivity index (χ2v) is 1.87. The maximum absolute atomic E-state index is 11.5. The minimum Gasteiger partial charge on any atom is -0.350 e. The van der Waals surface area contributed by atoms with Gasteiger partial charge in [-0.05, 0) is 12.1 Å². The second kappa shape index (κ2) is 4.96. The molecule has 0 saturated carbocycles. The summed E-state index contributed by atoms with van der Waals surface area (Å²) >= 11 is 0. The SMILES string of the molecule is FC(F)=CCn1cccc1.S. The average Bonchev–Trinajstić information content (AvgIpc) is 2.34. The molecule has 0 unspecified atom stereocenters. The topological polar surface area (TPSA) is 4.93 Å². The van der Waals surface area contributed by atoms with Gasteiger partial charge in [0.25, 0.3) is 6.08 Å². The first-order valence-corrected chi connectivity index (χ1v) is 2.91. The van der Waals surface area contributed by atoms with Crippen LogP contribution in [0.25, 0.3) is 0 Å². The molecule has 0 amide bonds. The Morgan fingerprint density at radius 1 is 1.27 bits per heavy atom. The normalized spacial score (nSPS) is 8.55. The molecule has 0 aromatic carbocycles. The largest absolute Gasteiger partial charge is 0.350 e. The zero-order valence-corrected chi connectivity index (χ0v) is 6.80. The molecule has 0 radical (unpaired) electrons. The maximum Gasteiger partial charge on any atom is 0.268 e. The van der Waals surface area contributed by atoms with Gasteiger partial charge in [0.2, 0.25) is 0 Å². The molecular formula is C7H9F2NS. The summed E-state index contributed by atoms with van der Waals surface area (Å²) < 4.78 is 24.6. The van der Waals surface area contributed by atoms with E-state index >= 15 is 0 Å². The maximum atomic E-state index is 11.5. The van der Waals surface area contributed by atoms with E-state index in [0.717, 1.165) is 6.08 Å². The molecule has 0 aliphatic heterocycles. The van der Waals surface area contributed by atoms with E-state index < -0.39 is 6.08 Å². The molecule has 1 aromatic rings. The lowest BCUT2D eigenvalue weighted by Gasteiger charge is -1.92. The molecule has 11 heavy (non-hydrogen) atoms. The van der Waals surface area contributed by atoms with Crippen molar-refractivity contribution in [2.24, 2.45) is 0 Å². The molecule has 0 aliphatic carbocycles. The number of allylic oxidation sites excluding steroid dienone is 1. The summed E-state index contributed by atoms with van der Waals surface area (Å²) in [6.45, 7) is 0.245. The number of hydrogen-bond acceptors (Lipinski definition) is 0. The van der Waals surface area contributed by atoms with Gasteiger partial charge in [-0.25, -0.2) is 0 Å². The lowest BCUT2D eigenvalue weighted by Crippen LogP contribution is -1.88. The number of aromatic nitrogens is 1. The van der Waals surface area contributed by atoms with Crippen molar-refractivity contribution in [1.82, 2.24) is 4.57 Å². The summed E-state index contributed by atoms with van der Waals surface area (Å²) in [5.74, 6) is 0. The van der Waals surface area contributed by atoms with E-state index in [1.165, 1.54) is 0 Å². The zero-order chi connectivity index (χ0) is 7.40. The molecule has 0 bridgehead atoms. The number of rotatable bonds is 2. The first-order chi connectivity index (χ1) is 4.79. The highest BCUT2D eigenvalue weighted by molar-refractivity contribution is 7.59. The van der Waals surface area contributed by atoms with Crippen LogP contribution in [0.15, 0.2) is 36.7 Å². The fourth-order valence-corrected chi connectivity index (χ4v) is 0.666. The third-order valence-electron chi connectivity index (χ3n) is 1.12. The van der Waals surface area contributed by atoms with Crippen LogP contribution < -0.4 is 0 Å². The van der Waals surface area contributed by atoms with Crippen LogP contribution in [0.2, 0.25) is 0 Å². The summed E-state index contributed by atoms with van der Waals surface area (Å²) in [6.07, 6.45) is 2.72. The van der Waals surface area contributed by atoms with Crippen LogP contribution in [0.4, 0.5) is 8.78 Å². The summed E-state index contributed by atoms with van der Waals surface area (Å²) in [4.78, 5) is 0. The Hall–Kier alpha value is -0.770. The van der Waals surface area contributed by atoms with Gasteiger partial charge >= 0.3 is 0 Å². The van der Waals surface area contributed by atoms with Crippen molar-refractivity contribution in [1.29, 1.82) is 0 Å². The molecular weight excluding hydrogens is 168 g/mol. The van der Waals surface area contributed by atoms with E-state index in [4.69, 9.17) is 0 Å². The standard InChI is InChI=1S/C7H7F2N.H2S/c8-7(9)3-6-10-4-1-2-5-10;/h1-5H,6H2;1H2. The van der Waals surface area contributed by atoms with Gasteiger partial charge in [-0.3, -0.25) is 0 Å². The minimum atomic E-state index is -1.63. The van der Waals surface area contributed by atoms with E-state index in [1.807, 2.05) is 0 Å². The van der Waals surface area contributed by atoms with E-state index in [9.17, 15) is 8.78 Å². The number of halogens is 2.